The van der Waals surface area contributed by atoms with Gasteiger partial charge in [-0.25, -0.2) is 0 Å². The minimum absolute atomic E-state index is 0.129. The second kappa shape index (κ2) is 9.08. The van der Waals surface area contributed by atoms with Gasteiger partial charge in [-0.05, 0) is 18.3 Å². The van der Waals surface area contributed by atoms with Crippen molar-refractivity contribution in [1.29, 1.82) is 0 Å². The number of aliphatic hydroxyl groups excluding tert-OH is 1. The normalized spacial score (nSPS) is 7.45. The Kier molecular flexibility index (Phi) is 8.32. The van der Waals surface area contributed by atoms with Crippen molar-refractivity contribution in [2.24, 2.45) is 0 Å². The lowest BCUT2D eigenvalue weighted by Gasteiger charge is -1.80. The van der Waals surface area contributed by atoms with Crippen LogP contribution in [0.1, 0.15) is 32.6 Å². The quantitative estimate of drug-likeness (QED) is 0.478. The first-order valence-corrected chi connectivity index (χ1v) is 3.98. The molecule has 0 fully saturated rings. The third-order valence-corrected chi connectivity index (χ3v) is 1.13. The van der Waals surface area contributed by atoms with E-state index in [2.05, 4.69) is 30.6 Å². The van der Waals surface area contributed by atoms with Gasteiger partial charge in [0.05, 0.1) is 6.61 Å². The molecule has 0 aromatic heterocycles. The Morgan fingerprint density at radius 3 is 2.27 bits per heavy atom. The van der Waals surface area contributed by atoms with E-state index < -0.39 is 0 Å². The number of rotatable bonds is 3. The average Bonchev–Trinajstić information content (AvgIpc) is 2.03. The van der Waals surface area contributed by atoms with Crippen LogP contribution in [0.2, 0.25) is 0 Å². The van der Waals surface area contributed by atoms with Gasteiger partial charge in [0.15, 0.2) is 0 Å². The Labute approximate surface area is 68.8 Å². The molecule has 0 bridgehead atoms. The third-order valence-electron chi connectivity index (χ3n) is 1.13. The SMILES string of the molecule is CCCCC#CC#CCCO. The maximum atomic E-state index is 8.36. The number of hydrogen-bond acceptors (Lipinski definition) is 1. The number of unbranched alkanes of at least 4 members (excludes halogenated alkanes) is 2. The molecule has 0 radical (unpaired) electrons. The first kappa shape index (κ1) is 10.1. The minimum atomic E-state index is 0.129. The van der Waals surface area contributed by atoms with Crippen LogP contribution in [-0.4, -0.2) is 11.7 Å². The van der Waals surface area contributed by atoms with E-state index in [9.17, 15) is 0 Å². The highest BCUT2D eigenvalue weighted by atomic mass is 16.2. The van der Waals surface area contributed by atoms with E-state index in [1.54, 1.807) is 0 Å². The first-order chi connectivity index (χ1) is 5.41. The van der Waals surface area contributed by atoms with E-state index in [0.717, 1.165) is 12.8 Å². The molecular weight excluding hydrogens is 136 g/mol. The highest BCUT2D eigenvalue weighted by Gasteiger charge is 1.74. The molecule has 0 spiro atoms. The largest absolute Gasteiger partial charge is 0.395 e. The maximum Gasteiger partial charge on any atom is 0.0540 e. The van der Waals surface area contributed by atoms with Gasteiger partial charge in [-0.2, -0.15) is 0 Å². The van der Waals surface area contributed by atoms with Crippen LogP contribution in [0.15, 0.2) is 0 Å². The molecule has 0 unspecified atom stereocenters. The van der Waals surface area contributed by atoms with Gasteiger partial charge in [0.25, 0.3) is 0 Å². The molecular formula is C10H14O. The molecule has 0 aromatic rings. The van der Waals surface area contributed by atoms with Gasteiger partial charge in [-0.15, -0.1) is 0 Å². The van der Waals surface area contributed by atoms with Gasteiger partial charge < -0.3 is 5.11 Å². The monoisotopic (exact) mass is 150 g/mol. The van der Waals surface area contributed by atoms with Gasteiger partial charge in [-0.1, -0.05) is 25.2 Å². The topological polar surface area (TPSA) is 20.2 Å². The van der Waals surface area contributed by atoms with Gasteiger partial charge in [0.2, 0.25) is 0 Å². The third kappa shape index (κ3) is 9.08. The summed E-state index contributed by atoms with van der Waals surface area (Å²) >= 11 is 0. The summed E-state index contributed by atoms with van der Waals surface area (Å²) < 4.78 is 0. The van der Waals surface area contributed by atoms with Crippen molar-refractivity contribution >= 4 is 0 Å². The molecule has 1 heteroatoms. The summed E-state index contributed by atoms with van der Waals surface area (Å²) in [5.74, 6) is 11.1. The maximum absolute atomic E-state index is 8.36. The highest BCUT2D eigenvalue weighted by Crippen LogP contribution is 1.89. The molecule has 0 saturated heterocycles. The fourth-order valence-corrected chi connectivity index (χ4v) is 0.534. The number of aliphatic hydroxyl groups is 1. The van der Waals surface area contributed by atoms with Crippen LogP contribution in [0.5, 0.6) is 0 Å². The Balaban J connectivity index is 3.33. The zero-order valence-electron chi connectivity index (χ0n) is 6.98. The fraction of sp³-hybridized carbons (Fsp3) is 0.600. The van der Waals surface area contributed by atoms with Gasteiger partial charge in [0.1, 0.15) is 0 Å². The van der Waals surface area contributed by atoms with Crippen molar-refractivity contribution in [3.63, 3.8) is 0 Å². The Morgan fingerprint density at radius 1 is 1.09 bits per heavy atom. The van der Waals surface area contributed by atoms with E-state index in [-0.39, 0.29) is 6.61 Å². The Bertz CT molecular complexity index is 184. The summed E-state index contributed by atoms with van der Waals surface area (Å²) in [6.07, 6.45) is 3.79. The summed E-state index contributed by atoms with van der Waals surface area (Å²) in [6, 6.07) is 0. The number of hydrogen-bond donors (Lipinski definition) is 1. The van der Waals surface area contributed by atoms with Crippen molar-refractivity contribution in [2.75, 3.05) is 6.61 Å². The van der Waals surface area contributed by atoms with Crippen LogP contribution in [0.3, 0.4) is 0 Å². The summed E-state index contributed by atoms with van der Waals surface area (Å²) in [6.45, 7) is 2.27. The molecule has 11 heavy (non-hydrogen) atoms. The lowest BCUT2D eigenvalue weighted by Crippen LogP contribution is -1.74. The smallest absolute Gasteiger partial charge is 0.0540 e. The Morgan fingerprint density at radius 2 is 1.73 bits per heavy atom. The van der Waals surface area contributed by atoms with E-state index in [1.807, 2.05) is 0 Å². The Hall–Kier alpha value is -0.920. The average molecular weight is 150 g/mol. The van der Waals surface area contributed by atoms with Crippen molar-refractivity contribution < 1.29 is 5.11 Å². The molecule has 0 amide bonds. The van der Waals surface area contributed by atoms with Gasteiger partial charge in [-0.3, -0.25) is 0 Å². The zero-order valence-corrected chi connectivity index (χ0v) is 6.98. The second-order valence-electron chi connectivity index (χ2n) is 2.18. The van der Waals surface area contributed by atoms with Crippen molar-refractivity contribution in [2.45, 2.75) is 32.6 Å². The van der Waals surface area contributed by atoms with Crippen LogP contribution < -0.4 is 0 Å². The molecule has 0 atom stereocenters. The van der Waals surface area contributed by atoms with Crippen LogP contribution in [0.25, 0.3) is 0 Å². The molecule has 0 aliphatic carbocycles. The summed E-state index contributed by atoms with van der Waals surface area (Å²) in [7, 11) is 0. The van der Waals surface area contributed by atoms with Crippen molar-refractivity contribution in [1.82, 2.24) is 0 Å². The van der Waals surface area contributed by atoms with Crippen LogP contribution >= 0.6 is 0 Å². The van der Waals surface area contributed by atoms with Gasteiger partial charge in [0, 0.05) is 12.8 Å². The summed E-state index contributed by atoms with van der Waals surface area (Å²) in [5.41, 5.74) is 0. The van der Waals surface area contributed by atoms with Crippen LogP contribution in [0.4, 0.5) is 0 Å². The molecule has 60 valence electrons. The van der Waals surface area contributed by atoms with E-state index in [4.69, 9.17) is 5.11 Å². The summed E-state index contributed by atoms with van der Waals surface area (Å²) in [5, 5.41) is 8.36. The van der Waals surface area contributed by atoms with E-state index in [1.165, 1.54) is 6.42 Å². The molecule has 0 rings (SSSR count). The van der Waals surface area contributed by atoms with Crippen LogP contribution in [0, 0.1) is 23.7 Å². The van der Waals surface area contributed by atoms with Gasteiger partial charge >= 0.3 is 0 Å². The van der Waals surface area contributed by atoms with Crippen molar-refractivity contribution in [3.05, 3.63) is 0 Å². The highest BCUT2D eigenvalue weighted by molar-refractivity contribution is 5.25. The predicted octanol–water partition coefficient (Wildman–Crippen LogP) is 1.57. The molecule has 0 aliphatic heterocycles. The van der Waals surface area contributed by atoms with Crippen molar-refractivity contribution in [3.8, 4) is 23.7 Å². The summed E-state index contributed by atoms with van der Waals surface area (Å²) in [4.78, 5) is 0. The van der Waals surface area contributed by atoms with E-state index >= 15 is 0 Å². The predicted molar refractivity (Wildman–Crippen MR) is 46.8 cm³/mol. The first-order valence-electron chi connectivity index (χ1n) is 3.98. The minimum Gasteiger partial charge on any atom is -0.395 e. The molecule has 1 nitrogen and oxygen atoms in total. The zero-order chi connectivity index (χ0) is 8.36. The molecule has 0 heterocycles. The lowest BCUT2D eigenvalue weighted by atomic mass is 10.2. The molecule has 0 saturated carbocycles. The fourth-order valence-electron chi connectivity index (χ4n) is 0.534. The lowest BCUT2D eigenvalue weighted by molar-refractivity contribution is 0.305. The second-order valence-corrected chi connectivity index (χ2v) is 2.18. The van der Waals surface area contributed by atoms with E-state index in [0.29, 0.717) is 6.42 Å². The van der Waals surface area contributed by atoms with Crippen LogP contribution in [-0.2, 0) is 0 Å². The molecule has 0 aliphatic rings. The molecule has 0 aromatic carbocycles. The molecule has 1 N–H and O–H groups in total. The standard InChI is InChI=1S/C10H14O/c1-2-3-4-5-6-7-8-9-10-11/h11H,2-4,9-10H2,1H3.